The van der Waals surface area contributed by atoms with E-state index in [9.17, 15) is 19.5 Å². The Bertz CT molecular complexity index is 1360. The molecule has 0 radical (unpaired) electrons. The minimum Gasteiger partial charge on any atom is -0.504 e. The zero-order valence-electron chi connectivity index (χ0n) is 22.7. The predicted molar refractivity (Wildman–Crippen MR) is 142 cm³/mol. The fourth-order valence-electron chi connectivity index (χ4n) is 5.49. The number of ether oxygens (including phenoxy) is 4. The zero-order chi connectivity index (χ0) is 28.3. The number of allylic oxidation sites excluding steroid dienone is 3. The molecule has 9 nitrogen and oxygen atoms in total. The van der Waals surface area contributed by atoms with Gasteiger partial charge in [0.05, 0.1) is 33.0 Å². The molecule has 0 saturated heterocycles. The van der Waals surface area contributed by atoms with Gasteiger partial charge in [0.15, 0.2) is 17.3 Å². The molecule has 0 spiro atoms. The van der Waals surface area contributed by atoms with Crippen molar-refractivity contribution in [2.75, 3.05) is 27.4 Å². The van der Waals surface area contributed by atoms with Crippen molar-refractivity contribution < 1.29 is 38.4 Å². The van der Waals surface area contributed by atoms with Crippen molar-refractivity contribution >= 4 is 17.7 Å². The number of Topliss-reactive ketones (excluding diaryl/α,β-unsaturated/α-hetero) is 1. The fraction of sp³-hybridized carbons (Fsp3) is 0.367. The molecular weight excluding hydrogens is 502 g/mol. The van der Waals surface area contributed by atoms with Crippen LogP contribution >= 0.6 is 0 Å². The quantitative estimate of drug-likeness (QED) is 0.380. The zero-order valence-corrected chi connectivity index (χ0v) is 22.7. The summed E-state index contributed by atoms with van der Waals surface area (Å²) in [6.45, 7) is 5.39. The van der Waals surface area contributed by atoms with Gasteiger partial charge < -0.3 is 29.4 Å². The number of aromatic hydroxyl groups is 1. The SMILES string of the molecule is CCOC(=O)C1=C(C)NC2=C(C(=O)[C@H](C(=O)OCC)[C@H](c3ccccc3OC)C2)[C@H]1c1ccc(O)c(OC)c1. The van der Waals surface area contributed by atoms with E-state index in [2.05, 4.69) is 5.32 Å². The smallest absolute Gasteiger partial charge is 0.336 e. The summed E-state index contributed by atoms with van der Waals surface area (Å²) in [5, 5.41) is 13.5. The molecule has 0 fully saturated rings. The highest BCUT2D eigenvalue weighted by Gasteiger charge is 2.49. The molecule has 0 aromatic heterocycles. The third-order valence-corrected chi connectivity index (χ3v) is 7.13. The van der Waals surface area contributed by atoms with E-state index in [4.69, 9.17) is 18.9 Å². The Morgan fingerprint density at radius 1 is 1.00 bits per heavy atom. The van der Waals surface area contributed by atoms with Crippen LogP contribution in [0.3, 0.4) is 0 Å². The molecule has 39 heavy (non-hydrogen) atoms. The number of hydrogen-bond acceptors (Lipinski definition) is 9. The first-order valence-electron chi connectivity index (χ1n) is 12.9. The lowest BCUT2D eigenvalue weighted by Gasteiger charge is -2.39. The average molecular weight is 536 g/mol. The van der Waals surface area contributed by atoms with Gasteiger partial charge in [-0.05, 0) is 56.5 Å². The maximum absolute atomic E-state index is 14.4. The van der Waals surface area contributed by atoms with Crippen molar-refractivity contribution in [1.29, 1.82) is 0 Å². The Hall–Kier alpha value is -4.27. The molecule has 206 valence electrons. The normalized spacial score (nSPS) is 20.6. The van der Waals surface area contributed by atoms with Crippen LogP contribution in [0.2, 0.25) is 0 Å². The number of esters is 2. The number of benzene rings is 2. The van der Waals surface area contributed by atoms with Crippen LogP contribution in [-0.2, 0) is 23.9 Å². The van der Waals surface area contributed by atoms with Crippen LogP contribution in [0.25, 0.3) is 0 Å². The predicted octanol–water partition coefficient (Wildman–Crippen LogP) is 4.12. The van der Waals surface area contributed by atoms with Crippen molar-refractivity contribution in [3.8, 4) is 17.2 Å². The summed E-state index contributed by atoms with van der Waals surface area (Å²) >= 11 is 0. The van der Waals surface area contributed by atoms with Gasteiger partial charge in [0, 0.05) is 28.8 Å². The lowest BCUT2D eigenvalue weighted by atomic mass is 9.67. The Labute approximate surface area is 227 Å². The van der Waals surface area contributed by atoms with Crippen molar-refractivity contribution in [2.45, 2.75) is 39.0 Å². The van der Waals surface area contributed by atoms with Gasteiger partial charge in [0.1, 0.15) is 11.7 Å². The number of nitrogens with one attached hydrogen (secondary N) is 1. The minimum absolute atomic E-state index is 0.0848. The van der Waals surface area contributed by atoms with Gasteiger partial charge in [0.2, 0.25) is 0 Å². The van der Waals surface area contributed by atoms with Gasteiger partial charge >= 0.3 is 11.9 Å². The van der Waals surface area contributed by atoms with Gasteiger partial charge in [-0.25, -0.2) is 4.79 Å². The van der Waals surface area contributed by atoms with Gasteiger partial charge in [-0.1, -0.05) is 24.3 Å². The summed E-state index contributed by atoms with van der Waals surface area (Å²) in [5.74, 6) is -3.61. The molecule has 0 bridgehead atoms. The van der Waals surface area contributed by atoms with Gasteiger partial charge in [-0.2, -0.15) is 0 Å². The second-order valence-corrected chi connectivity index (χ2v) is 9.29. The molecule has 2 aromatic rings. The topological polar surface area (TPSA) is 120 Å². The van der Waals surface area contributed by atoms with E-state index < -0.39 is 35.5 Å². The highest BCUT2D eigenvalue weighted by Crippen LogP contribution is 2.50. The molecule has 2 aromatic carbocycles. The fourth-order valence-corrected chi connectivity index (χ4v) is 5.49. The Kier molecular flexibility index (Phi) is 8.28. The summed E-state index contributed by atoms with van der Waals surface area (Å²) in [5.41, 5.74) is 2.90. The summed E-state index contributed by atoms with van der Waals surface area (Å²) in [7, 11) is 2.96. The molecule has 2 aliphatic rings. The number of phenols is 1. The van der Waals surface area contributed by atoms with E-state index in [-0.39, 0.29) is 35.9 Å². The first-order valence-corrected chi connectivity index (χ1v) is 12.9. The number of rotatable bonds is 8. The number of dihydropyridines is 1. The van der Waals surface area contributed by atoms with Crippen LogP contribution in [0.5, 0.6) is 17.2 Å². The highest BCUT2D eigenvalue weighted by molar-refractivity contribution is 6.13. The van der Waals surface area contributed by atoms with E-state index in [1.54, 1.807) is 46.1 Å². The maximum Gasteiger partial charge on any atom is 0.336 e. The molecule has 1 heterocycles. The Morgan fingerprint density at radius 2 is 1.69 bits per heavy atom. The Morgan fingerprint density at radius 3 is 2.36 bits per heavy atom. The summed E-state index contributed by atoms with van der Waals surface area (Å²) in [6, 6.07) is 11.9. The number of carbonyl (C=O) groups excluding carboxylic acids is 3. The van der Waals surface area contributed by atoms with Crippen molar-refractivity contribution in [3.63, 3.8) is 0 Å². The molecule has 1 aliphatic heterocycles. The van der Waals surface area contributed by atoms with Crippen molar-refractivity contribution in [2.24, 2.45) is 5.92 Å². The molecular formula is C30H33NO8. The van der Waals surface area contributed by atoms with E-state index in [0.717, 1.165) is 0 Å². The van der Waals surface area contributed by atoms with Gasteiger partial charge in [-0.15, -0.1) is 0 Å². The molecule has 0 amide bonds. The number of methoxy groups -OCH3 is 2. The standard InChI is InChI=1S/C30H33NO8/c1-6-38-29(34)24-16(3)31-20-15-19(18-10-8-9-11-22(18)36-4)26(30(35)39-7-2)28(33)27(20)25(24)17-12-13-21(32)23(14-17)37-5/h8-14,19,25-26,31-32H,6-7,15H2,1-5H3/t19-,25-,26+/m0/s1. The second kappa shape index (κ2) is 11.6. The van der Waals surface area contributed by atoms with Crippen molar-refractivity contribution in [3.05, 3.63) is 76.1 Å². The number of phenolic OH excluding ortho intramolecular Hbond substituents is 1. The third-order valence-electron chi connectivity index (χ3n) is 7.13. The first kappa shape index (κ1) is 27.8. The van der Waals surface area contributed by atoms with Gasteiger partial charge in [-0.3, -0.25) is 9.59 Å². The van der Waals surface area contributed by atoms with Crippen LogP contribution in [0.4, 0.5) is 0 Å². The van der Waals surface area contributed by atoms with Crippen molar-refractivity contribution in [1.82, 2.24) is 5.32 Å². The van der Waals surface area contributed by atoms with E-state index in [0.29, 0.717) is 34.7 Å². The maximum atomic E-state index is 14.4. The molecule has 3 atom stereocenters. The summed E-state index contributed by atoms with van der Waals surface area (Å²) < 4.78 is 21.6. The monoisotopic (exact) mass is 535 g/mol. The van der Waals surface area contributed by atoms with Crippen LogP contribution in [0.15, 0.2) is 65.0 Å². The first-order chi connectivity index (χ1) is 18.8. The second-order valence-electron chi connectivity index (χ2n) is 9.29. The highest BCUT2D eigenvalue weighted by atomic mass is 16.5. The molecule has 0 saturated carbocycles. The molecule has 9 heteroatoms. The van der Waals surface area contributed by atoms with Gasteiger partial charge in [0.25, 0.3) is 0 Å². The van der Waals surface area contributed by atoms with Crippen LogP contribution in [0, 0.1) is 5.92 Å². The molecule has 0 unspecified atom stereocenters. The van der Waals surface area contributed by atoms with Crippen LogP contribution < -0.4 is 14.8 Å². The van der Waals surface area contributed by atoms with E-state index >= 15 is 0 Å². The van der Waals surface area contributed by atoms with Crippen LogP contribution in [-0.4, -0.2) is 50.3 Å². The third kappa shape index (κ3) is 5.08. The lowest BCUT2D eigenvalue weighted by Crippen LogP contribution is -2.43. The Balaban J connectivity index is 1.94. The number of ketones is 1. The average Bonchev–Trinajstić information content (AvgIpc) is 2.92. The lowest BCUT2D eigenvalue weighted by molar-refractivity contribution is -0.152. The molecule has 2 N–H and O–H groups in total. The molecule has 1 aliphatic carbocycles. The van der Waals surface area contributed by atoms with E-state index in [1.807, 2.05) is 18.2 Å². The number of para-hydroxylation sites is 1. The number of hydrogen-bond donors (Lipinski definition) is 2. The van der Waals surface area contributed by atoms with Crippen LogP contribution in [0.1, 0.15) is 50.2 Å². The van der Waals surface area contributed by atoms with E-state index in [1.165, 1.54) is 13.2 Å². The summed E-state index contributed by atoms with van der Waals surface area (Å²) in [6.07, 6.45) is 0.296. The molecule has 4 rings (SSSR count). The summed E-state index contributed by atoms with van der Waals surface area (Å²) in [4.78, 5) is 41.0. The largest absolute Gasteiger partial charge is 0.504 e. The minimum atomic E-state index is -1.16. The number of carbonyl (C=O) groups is 3.